The number of ether oxygens (including phenoxy) is 1. The maximum atomic E-state index is 15.4. The van der Waals surface area contributed by atoms with Crippen LogP contribution in [0.3, 0.4) is 0 Å². The number of carbonyl (C=O) groups excluding carboxylic acids is 2. The number of benzene rings is 5. The molecule has 0 amide bonds. The maximum Gasteiger partial charge on any atom is 0.406 e. The Labute approximate surface area is 352 Å². The zero-order chi connectivity index (χ0) is 49.4. The van der Waals surface area contributed by atoms with Gasteiger partial charge in [-0.1, -0.05) is 30.3 Å². The summed E-state index contributed by atoms with van der Waals surface area (Å²) in [5.74, 6) is -72.2. The molecule has 344 valence electrons. The molecular weight excluding hydrogens is 949 g/mol. The molecule has 0 fully saturated rings. The number of rotatable bonds is 9. The third kappa shape index (κ3) is 7.99. The lowest BCUT2D eigenvalue weighted by atomic mass is 9.12. The van der Waals surface area contributed by atoms with Gasteiger partial charge in [0.15, 0.2) is 82.6 Å². The van der Waals surface area contributed by atoms with Crippen LogP contribution in [0.4, 0.5) is 87.8 Å². The molecule has 6 nitrogen and oxygen atoms in total. The monoisotopic (exact) mass is 961 g/mol. The van der Waals surface area contributed by atoms with Gasteiger partial charge in [0.25, 0.3) is 0 Å². The first kappa shape index (κ1) is 49.5. The van der Waals surface area contributed by atoms with Gasteiger partial charge in [-0.15, -0.1) is 21.9 Å². The minimum Gasteiger partial charge on any atom is -0.442 e. The SMILES string of the molecule is Fc1c(F)c(F)c([B-](c2c(F)c(F)c(F)c(F)c2F)(c2c(F)c(F)c(F)c(F)c2F)c2c(F)c(F)c(F)c(F)c2F)c(F)c1F.N#CCOC(=O)c1cncc[n+]1CC(=O)c1ccccc1. The fourth-order valence-electron chi connectivity index (χ4n) is 6.61. The molecule has 6 aromatic rings. The van der Waals surface area contributed by atoms with Crippen molar-refractivity contribution >= 4 is 39.7 Å². The Kier molecular flexibility index (Phi) is 14.2. The summed E-state index contributed by atoms with van der Waals surface area (Å²) in [5.41, 5.74) is -13.7. The van der Waals surface area contributed by atoms with Crippen molar-refractivity contribution in [3.8, 4) is 6.07 Å². The van der Waals surface area contributed by atoms with Gasteiger partial charge in [0.2, 0.25) is 12.3 Å². The van der Waals surface area contributed by atoms with Gasteiger partial charge in [-0.05, 0) is 0 Å². The lowest BCUT2D eigenvalue weighted by Gasteiger charge is -2.44. The van der Waals surface area contributed by atoms with Gasteiger partial charge >= 0.3 is 11.7 Å². The number of Topliss-reactive ketones (excluding diaryl/α,β-unsaturated/α-hetero) is 1. The Morgan fingerprint density at radius 3 is 1.11 bits per heavy atom. The maximum absolute atomic E-state index is 15.4. The zero-order valence-corrected chi connectivity index (χ0v) is 31.2. The molecule has 0 atom stereocenters. The molecule has 1 aromatic heterocycles. The minimum atomic E-state index is -7.22. The van der Waals surface area contributed by atoms with Crippen LogP contribution in [0.2, 0.25) is 0 Å². The second kappa shape index (κ2) is 18.9. The highest BCUT2D eigenvalue weighted by atomic mass is 19.2. The van der Waals surface area contributed by atoms with Gasteiger partial charge in [-0.3, -0.25) is 9.78 Å². The fraction of sp³-hybridized carbons (Fsp3) is 0.0513. The van der Waals surface area contributed by atoms with Gasteiger partial charge in [0.1, 0.15) is 64.9 Å². The molecule has 0 bridgehead atoms. The van der Waals surface area contributed by atoms with Crippen molar-refractivity contribution in [2.24, 2.45) is 0 Å². The van der Waals surface area contributed by atoms with E-state index >= 15 is 35.1 Å². The summed E-state index contributed by atoms with van der Waals surface area (Å²) in [4.78, 5) is 27.8. The topological polar surface area (TPSA) is 83.9 Å². The molecule has 0 aliphatic rings. The average molecular weight is 961 g/mol. The van der Waals surface area contributed by atoms with Crippen LogP contribution in [0.15, 0.2) is 48.9 Å². The molecular formula is C39H12BF20N3O3. The molecule has 1 heterocycles. The van der Waals surface area contributed by atoms with Crippen LogP contribution >= 0.6 is 0 Å². The van der Waals surface area contributed by atoms with Gasteiger partial charge in [-0.25, -0.2) is 92.6 Å². The van der Waals surface area contributed by atoms with E-state index in [1.807, 2.05) is 6.07 Å². The van der Waals surface area contributed by atoms with Crippen LogP contribution in [-0.4, -0.2) is 29.5 Å². The molecule has 66 heavy (non-hydrogen) atoms. The van der Waals surface area contributed by atoms with E-state index in [0.29, 0.717) is 5.56 Å². The quantitative estimate of drug-likeness (QED) is 0.0304. The first-order chi connectivity index (χ1) is 30.9. The van der Waals surface area contributed by atoms with E-state index in [1.165, 1.54) is 23.2 Å². The normalized spacial score (nSPS) is 11.3. The molecule has 0 N–H and O–H groups in total. The number of aromatic nitrogens is 2. The van der Waals surface area contributed by atoms with Gasteiger partial charge in [-0.2, -0.15) is 9.83 Å². The number of esters is 1. The third-order valence-corrected chi connectivity index (χ3v) is 9.43. The molecule has 5 aromatic carbocycles. The molecule has 0 radical (unpaired) electrons. The number of nitriles is 1. The summed E-state index contributed by atoms with van der Waals surface area (Å²) in [6.45, 7) is -0.357. The van der Waals surface area contributed by atoms with Crippen LogP contribution in [-0.2, 0) is 11.3 Å². The summed E-state index contributed by atoms with van der Waals surface area (Å²) in [5, 5.41) is 8.42. The number of halogens is 20. The molecule has 0 unspecified atom stereocenters. The van der Waals surface area contributed by atoms with Gasteiger partial charge in [0, 0.05) is 5.56 Å². The molecule has 0 saturated carbocycles. The van der Waals surface area contributed by atoms with Gasteiger partial charge < -0.3 is 4.74 Å². The molecule has 0 aliphatic heterocycles. The molecule has 0 saturated heterocycles. The Bertz CT molecular complexity index is 2640. The predicted octanol–water partition coefficient (Wildman–Crippen LogP) is 6.78. The molecule has 6 rings (SSSR count). The summed E-state index contributed by atoms with van der Waals surface area (Å²) >= 11 is 0. The largest absolute Gasteiger partial charge is 0.442 e. The first-order valence-corrected chi connectivity index (χ1v) is 17.1. The van der Waals surface area contributed by atoms with Crippen molar-refractivity contribution in [3.63, 3.8) is 0 Å². The highest BCUT2D eigenvalue weighted by Crippen LogP contribution is 2.30. The Balaban J connectivity index is 0.000000324. The number of hydrogen-bond donors (Lipinski definition) is 0. The van der Waals surface area contributed by atoms with Crippen LogP contribution in [0.5, 0.6) is 0 Å². The fourth-order valence-corrected chi connectivity index (χ4v) is 6.61. The molecule has 0 aliphatic carbocycles. The lowest BCUT2D eigenvalue weighted by molar-refractivity contribution is -0.686. The van der Waals surface area contributed by atoms with E-state index in [1.54, 1.807) is 30.3 Å². The first-order valence-electron chi connectivity index (χ1n) is 17.1. The van der Waals surface area contributed by atoms with E-state index in [0.717, 1.165) is 0 Å². The van der Waals surface area contributed by atoms with E-state index in [-0.39, 0.29) is 24.6 Å². The van der Waals surface area contributed by atoms with E-state index in [4.69, 9.17) is 10.00 Å². The summed E-state index contributed by atoms with van der Waals surface area (Å²) in [6.07, 6.45) is -2.92. The van der Waals surface area contributed by atoms with Crippen molar-refractivity contribution in [3.05, 3.63) is 177 Å². The van der Waals surface area contributed by atoms with Crippen molar-refractivity contribution in [1.29, 1.82) is 5.26 Å². The minimum absolute atomic E-state index is 0.0104. The summed E-state index contributed by atoms with van der Waals surface area (Å²) in [7, 11) is 0. The van der Waals surface area contributed by atoms with Crippen LogP contribution in [0, 0.1) is 128 Å². The lowest BCUT2D eigenvalue weighted by Crippen LogP contribution is -2.81. The number of ketones is 1. The van der Waals surface area contributed by atoms with Crippen molar-refractivity contribution in [1.82, 2.24) is 4.98 Å². The second-order valence-corrected chi connectivity index (χ2v) is 12.9. The molecule has 0 spiro atoms. The molecule has 27 heteroatoms. The standard InChI is InChI=1S/C24BF20.C15H12N3O3/c26-5-1(6(27)14(35)21(42)13(5)34)25(2-7(28)15(36)22(43)16(37)8(2)29,3-9(30)17(38)23(44)18(39)10(3)31)4-11(32)19(40)24(45)20(41)12(4)33;16-6-9-21-15(20)13-10-17-7-8-18(13)11-14(19)12-4-2-1-3-5-12/h;1-5,7-8,10H,9,11H2/q-1;+1. The summed E-state index contributed by atoms with van der Waals surface area (Å²) in [6, 6.07) is 10.5. The smallest absolute Gasteiger partial charge is 0.406 e. The second-order valence-electron chi connectivity index (χ2n) is 12.9. The Morgan fingerprint density at radius 2 is 0.803 bits per heavy atom. The van der Waals surface area contributed by atoms with Crippen molar-refractivity contribution in [2.45, 2.75) is 6.54 Å². The summed E-state index contributed by atoms with van der Waals surface area (Å²) < 4.78 is 300. The van der Waals surface area contributed by atoms with Gasteiger partial charge in [0.05, 0.1) is 6.20 Å². The number of carbonyl (C=O) groups is 2. The highest BCUT2D eigenvalue weighted by molar-refractivity contribution is 7.20. The third-order valence-electron chi connectivity index (χ3n) is 9.43. The van der Waals surface area contributed by atoms with Crippen molar-refractivity contribution < 1.29 is 107 Å². The Morgan fingerprint density at radius 1 is 0.500 bits per heavy atom. The van der Waals surface area contributed by atoms with Crippen molar-refractivity contribution in [2.75, 3.05) is 6.61 Å². The van der Waals surface area contributed by atoms with Crippen LogP contribution < -0.4 is 26.4 Å². The number of nitrogens with zero attached hydrogens (tertiary/aromatic N) is 3. The zero-order valence-electron chi connectivity index (χ0n) is 31.2. The number of hydrogen-bond acceptors (Lipinski definition) is 5. The average Bonchev–Trinajstić information content (AvgIpc) is 3.31. The van der Waals surface area contributed by atoms with E-state index < -0.39 is 150 Å². The van der Waals surface area contributed by atoms with E-state index in [9.17, 15) is 62.3 Å². The van der Waals surface area contributed by atoms with Crippen LogP contribution in [0.25, 0.3) is 0 Å². The highest BCUT2D eigenvalue weighted by Gasteiger charge is 2.52. The van der Waals surface area contributed by atoms with E-state index in [2.05, 4.69) is 4.98 Å². The predicted molar refractivity (Wildman–Crippen MR) is 180 cm³/mol. The Hall–Kier alpha value is -7.53. The van der Waals surface area contributed by atoms with Crippen LogP contribution in [0.1, 0.15) is 20.8 Å².